The van der Waals surface area contributed by atoms with Crippen molar-refractivity contribution in [3.8, 4) is 0 Å². The van der Waals surface area contributed by atoms with Crippen molar-refractivity contribution in [3.05, 3.63) is 36.0 Å². The van der Waals surface area contributed by atoms with Crippen molar-refractivity contribution >= 4 is 0 Å². The smallest absolute Gasteiger partial charge is 0.0671 e. The first-order chi connectivity index (χ1) is 7.32. The molecule has 1 nitrogen and oxygen atoms in total. The van der Waals surface area contributed by atoms with Gasteiger partial charge in [-0.25, -0.2) is 0 Å². The number of hydrogen-bond donors (Lipinski definition) is 1. The van der Waals surface area contributed by atoms with Crippen molar-refractivity contribution in [2.24, 2.45) is 11.3 Å². The fraction of sp³-hybridized carbons (Fsp3) is 0.600. The molecule has 1 fully saturated rings. The lowest BCUT2D eigenvalue weighted by Crippen LogP contribution is -2.42. The van der Waals surface area contributed by atoms with Crippen LogP contribution in [0.1, 0.15) is 40.5 Å². The molecule has 0 amide bonds. The van der Waals surface area contributed by atoms with E-state index in [1.54, 1.807) is 0 Å². The Labute approximate surface area is 99.6 Å². The predicted molar refractivity (Wildman–Crippen MR) is 70.2 cm³/mol. The zero-order valence-electron chi connectivity index (χ0n) is 11.0. The summed E-state index contributed by atoms with van der Waals surface area (Å²) in [6.45, 7) is 16.3. The average Bonchev–Trinajstić information content (AvgIpc) is 2.20. The molecule has 0 aromatic heterocycles. The van der Waals surface area contributed by atoms with Gasteiger partial charge in [-0.2, -0.15) is 0 Å². The fourth-order valence-corrected chi connectivity index (χ4v) is 2.63. The molecule has 0 heterocycles. The van der Waals surface area contributed by atoms with Crippen LogP contribution in [0, 0.1) is 11.3 Å². The lowest BCUT2D eigenvalue weighted by molar-refractivity contribution is 0.0217. The lowest BCUT2D eigenvalue weighted by atomic mass is 9.62. The number of allylic oxidation sites excluding steroid dienone is 2. The monoisotopic (exact) mass is 220 g/mol. The van der Waals surface area contributed by atoms with Gasteiger partial charge in [0, 0.05) is 5.41 Å². The van der Waals surface area contributed by atoms with Crippen LogP contribution in [0.15, 0.2) is 36.0 Å². The van der Waals surface area contributed by atoms with Crippen LogP contribution in [0.2, 0.25) is 0 Å². The Kier molecular flexibility index (Phi) is 3.80. The summed E-state index contributed by atoms with van der Waals surface area (Å²) in [5.41, 5.74) is 3.61. The van der Waals surface area contributed by atoms with Crippen LogP contribution >= 0.6 is 0 Å². The Morgan fingerprint density at radius 2 is 1.94 bits per heavy atom. The SMILES string of the molecule is C=CC1(C)C(O)CC(=C(C)C)C[C@H]1C(=C)C. The maximum Gasteiger partial charge on any atom is 0.0671 e. The molecule has 90 valence electrons. The van der Waals surface area contributed by atoms with Crippen molar-refractivity contribution < 1.29 is 5.11 Å². The molecule has 2 unspecified atom stereocenters. The zero-order chi connectivity index (χ0) is 12.5. The summed E-state index contributed by atoms with van der Waals surface area (Å²) in [4.78, 5) is 0. The first kappa shape index (κ1) is 13.2. The van der Waals surface area contributed by atoms with Gasteiger partial charge in [-0.05, 0) is 39.5 Å². The van der Waals surface area contributed by atoms with Crippen molar-refractivity contribution in [2.75, 3.05) is 0 Å². The molecular formula is C15H24O. The van der Waals surface area contributed by atoms with Gasteiger partial charge in [0.25, 0.3) is 0 Å². The highest BCUT2D eigenvalue weighted by Crippen LogP contribution is 2.47. The number of aliphatic hydroxyl groups is 1. The fourth-order valence-electron chi connectivity index (χ4n) is 2.63. The zero-order valence-corrected chi connectivity index (χ0v) is 11.0. The first-order valence-electron chi connectivity index (χ1n) is 5.95. The standard InChI is InChI=1S/C15H24O/c1-7-15(6)13(11(4)5)8-12(10(2)3)9-14(15)16/h7,13-14,16H,1,4,8-9H2,2-3,5-6H3/t13-,14?,15?/m0/s1. The maximum atomic E-state index is 10.3. The summed E-state index contributed by atoms with van der Waals surface area (Å²) in [6.07, 6.45) is 3.34. The normalized spacial score (nSPS) is 34.7. The third kappa shape index (κ3) is 2.15. The van der Waals surface area contributed by atoms with Crippen LogP contribution in [-0.2, 0) is 0 Å². The highest BCUT2D eigenvalue weighted by atomic mass is 16.3. The van der Waals surface area contributed by atoms with Crippen molar-refractivity contribution in [1.29, 1.82) is 0 Å². The lowest BCUT2D eigenvalue weighted by Gasteiger charge is -2.45. The molecule has 1 N–H and O–H groups in total. The third-order valence-electron chi connectivity index (χ3n) is 4.10. The van der Waals surface area contributed by atoms with Crippen LogP contribution < -0.4 is 0 Å². The quantitative estimate of drug-likeness (QED) is 0.701. The van der Waals surface area contributed by atoms with E-state index in [2.05, 4.69) is 33.9 Å². The highest BCUT2D eigenvalue weighted by Gasteiger charge is 2.42. The second kappa shape index (κ2) is 4.58. The Hall–Kier alpha value is -0.820. The maximum absolute atomic E-state index is 10.3. The van der Waals surface area contributed by atoms with Gasteiger partial charge in [-0.3, -0.25) is 0 Å². The summed E-state index contributed by atoms with van der Waals surface area (Å²) in [7, 11) is 0. The molecule has 0 aliphatic heterocycles. The molecule has 0 radical (unpaired) electrons. The summed E-state index contributed by atoms with van der Waals surface area (Å²) >= 11 is 0. The van der Waals surface area contributed by atoms with E-state index in [4.69, 9.17) is 0 Å². The van der Waals surface area contributed by atoms with E-state index in [-0.39, 0.29) is 11.5 Å². The third-order valence-corrected chi connectivity index (χ3v) is 4.10. The topological polar surface area (TPSA) is 20.2 Å². The summed E-state index contributed by atoms with van der Waals surface area (Å²) < 4.78 is 0. The molecule has 1 aliphatic rings. The summed E-state index contributed by atoms with van der Waals surface area (Å²) in [5, 5.41) is 10.3. The van der Waals surface area contributed by atoms with Gasteiger partial charge >= 0.3 is 0 Å². The second-order valence-corrected chi connectivity index (χ2v) is 5.50. The Balaban J connectivity index is 3.13. The van der Waals surface area contributed by atoms with Gasteiger partial charge in [0.2, 0.25) is 0 Å². The van der Waals surface area contributed by atoms with Crippen molar-refractivity contribution in [1.82, 2.24) is 0 Å². The van der Waals surface area contributed by atoms with Crippen molar-refractivity contribution in [3.63, 3.8) is 0 Å². The van der Waals surface area contributed by atoms with Crippen LogP contribution in [0.3, 0.4) is 0 Å². The van der Waals surface area contributed by atoms with Crippen LogP contribution in [0.4, 0.5) is 0 Å². The molecule has 1 heteroatoms. The molecule has 0 saturated heterocycles. The van der Waals surface area contributed by atoms with Gasteiger partial charge in [-0.15, -0.1) is 6.58 Å². The van der Waals surface area contributed by atoms with E-state index in [9.17, 15) is 5.11 Å². The van der Waals surface area contributed by atoms with Gasteiger partial charge in [0.15, 0.2) is 0 Å². The predicted octanol–water partition coefficient (Wildman–Crippen LogP) is 3.86. The van der Waals surface area contributed by atoms with E-state index in [0.29, 0.717) is 5.92 Å². The van der Waals surface area contributed by atoms with Gasteiger partial charge in [0.05, 0.1) is 6.10 Å². The highest BCUT2D eigenvalue weighted by molar-refractivity contribution is 5.25. The van der Waals surface area contributed by atoms with E-state index in [1.807, 2.05) is 13.0 Å². The van der Waals surface area contributed by atoms with Crippen molar-refractivity contribution in [2.45, 2.75) is 46.6 Å². The molecule has 0 aromatic rings. The number of aliphatic hydroxyl groups excluding tert-OH is 1. The van der Waals surface area contributed by atoms with E-state index >= 15 is 0 Å². The molecule has 1 aliphatic carbocycles. The Bertz CT molecular complexity index is 333. The first-order valence-corrected chi connectivity index (χ1v) is 5.95. The molecule has 0 bridgehead atoms. The number of rotatable bonds is 2. The van der Waals surface area contributed by atoms with Crippen LogP contribution in [0.5, 0.6) is 0 Å². The van der Waals surface area contributed by atoms with Crippen LogP contribution in [-0.4, -0.2) is 11.2 Å². The molecule has 3 atom stereocenters. The molecule has 1 saturated carbocycles. The van der Waals surface area contributed by atoms with Gasteiger partial charge < -0.3 is 5.11 Å². The molecule has 0 aromatic carbocycles. The number of hydrogen-bond acceptors (Lipinski definition) is 1. The summed E-state index contributed by atoms with van der Waals surface area (Å²) in [5.74, 6) is 0.304. The minimum Gasteiger partial charge on any atom is -0.392 e. The van der Waals surface area contributed by atoms with E-state index < -0.39 is 0 Å². The van der Waals surface area contributed by atoms with E-state index in [1.165, 1.54) is 11.1 Å². The summed E-state index contributed by atoms with van der Waals surface area (Å²) in [6, 6.07) is 0. The molecule has 0 spiro atoms. The minimum atomic E-state index is -0.342. The Morgan fingerprint density at radius 3 is 2.31 bits per heavy atom. The van der Waals surface area contributed by atoms with Gasteiger partial charge in [0.1, 0.15) is 0 Å². The average molecular weight is 220 g/mol. The second-order valence-electron chi connectivity index (χ2n) is 5.50. The van der Waals surface area contributed by atoms with Gasteiger partial charge in [-0.1, -0.05) is 36.3 Å². The molecule has 1 rings (SSSR count). The minimum absolute atomic E-state index is 0.231. The van der Waals surface area contributed by atoms with E-state index in [0.717, 1.165) is 18.4 Å². The molecule has 16 heavy (non-hydrogen) atoms. The largest absolute Gasteiger partial charge is 0.392 e. The van der Waals surface area contributed by atoms with Crippen LogP contribution in [0.25, 0.3) is 0 Å². The molecular weight excluding hydrogens is 196 g/mol. The Morgan fingerprint density at radius 1 is 1.38 bits per heavy atom.